The maximum Gasteiger partial charge on any atom is 0.357 e. The molecule has 1 aliphatic carbocycles. The molecule has 3 aromatic rings. The third kappa shape index (κ3) is 4.66. The zero-order valence-corrected chi connectivity index (χ0v) is 19.5. The predicted octanol–water partition coefficient (Wildman–Crippen LogP) is 4.56. The van der Waals surface area contributed by atoms with E-state index >= 15 is 0 Å². The summed E-state index contributed by atoms with van der Waals surface area (Å²) < 4.78 is 5.42. The molecule has 1 aliphatic heterocycles. The van der Waals surface area contributed by atoms with Crippen molar-refractivity contribution in [1.82, 2.24) is 15.4 Å². The Kier molecular flexibility index (Phi) is 6.54. The molecule has 2 heterocycles. The number of H-pyrrole nitrogens is 1. The molecule has 7 heteroatoms. The number of hydrogen-bond donors (Lipinski definition) is 2. The number of ether oxygens (including phenoxy) is 1. The summed E-state index contributed by atoms with van der Waals surface area (Å²) >= 11 is 0. The lowest BCUT2D eigenvalue weighted by molar-refractivity contribution is -0.149. The first-order valence-electron chi connectivity index (χ1n) is 12.1. The molecular formula is C27H31N3O4. The normalized spacial score (nSPS) is 23.0. The summed E-state index contributed by atoms with van der Waals surface area (Å²) in [5.41, 5.74) is 2.87. The third-order valence-electron chi connectivity index (χ3n) is 7.10. The number of hydroxylamine groups is 2. The lowest BCUT2D eigenvalue weighted by atomic mass is 9.81. The second kappa shape index (κ2) is 9.89. The van der Waals surface area contributed by atoms with Crippen LogP contribution in [0.3, 0.4) is 0 Å². The molecular weight excluding hydrogens is 430 g/mol. The molecule has 2 N–H and O–H groups in total. The van der Waals surface area contributed by atoms with Crippen LogP contribution in [0, 0.1) is 0 Å². The van der Waals surface area contributed by atoms with Gasteiger partial charge in [-0.2, -0.15) is 0 Å². The van der Waals surface area contributed by atoms with Gasteiger partial charge in [0.25, 0.3) is 0 Å². The molecule has 5 rings (SSSR count). The van der Waals surface area contributed by atoms with Crippen molar-refractivity contribution in [2.24, 2.45) is 0 Å². The van der Waals surface area contributed by atoms with Gasteiger partial charge in [0.05, 0.1) is 12.7 Å². The molecule has 1 saturated carbocycles. The van der Waals surface area contributed by atoms with Gasteiger partial charge in [0.15, 0.2) is 0 Å². The number of nitrogens with zero attached hydrogens (tertiary/aromatic N) is 1. The smallest absolute Gasteiger partial charge is 0.357 e. The molecule has 1 unspecified atom stereocenters. The Morgan fingerprint density at radius 3 is 2.74 bits per heavy atom. The number of methoxy groups -OCH3 is 1. The number of aromatic amines is 1. The summed E-state index contributed by atoms with van der Waals surface area (Å²) in [6.07, 6.45) is 7.62. The van der Waals surface area contributed by atoms with E-state index in [2.05, 4.69) is 22.6 Å². The van der Waals surface area contributed by atoms with Crippen LogP contribution >= 0.6 is 0 Å². The maximum atomic E-state index is 13.2. The highest BCUT2D eigenvalue weighted by Crippen LogP contribution is 2.37. The first-order chi connectivity index (χ1) is 16.6. The van der Waals surface area contributed by atoms with Gasteiger partial charge in [0.1, 0.15) is 11.8 Å². The standard InChI is InChI=1S/C27H31N3O4/c1-33-21-12-13-24-22(16-21)23(17-28-24)19-9-5-10-20(15-19)29-26(31)25-11-6-14-30(25)34-27(32)18-7-3-2-4-8-18/h2-4,7-8,12-13,16-17,19-20,25,28H,5-6,9-11,14-15H2,1H3,(H,29,31)/t19-,20?,25+/m1/s1. The van der Waals surface area contributed by atoms with E-state index in [1.165, 1.54) is 10.9 Å². The van der Waals surface area contributed by atoms with Gasteiger partial charge in [-0.25, -0.2) is 4.79 Å². The van der Waals surface area contributed by atoms with Crippen LogP contribution in [-0.2, 0) is 9.63 Å². The fourth-order valence-corrected chi connectivity index (χ4v) is 5.33. The largest absolute Gasteiger partial charge is 0.497 e. The summed E-state index contributed by atoms with van der Waals surface area (Å²) in [5.74, 6) is 0.744. The first-order valence-corrected chi connectivity index (χ1v) is 12.1. The van der Waals surface area contributed by atoms with Crippen molar-refractivity contribution in [3.05, 3.63) is 65.9 Å². The summed E-state index contributed by atoms with van der Waals surface area (Å²) in [6.45, 7) is 0.571. The van der Waals surface area contributed by atoms with Crippen LogP contribution in [0.1, 0.15) is 60.4 Å². The van der Waals surface area contributed by atoms with Crippen LogP contribution in [0.2, 0.25) is 0 Å². The Balaban J connectivity index is 1.23. The van der Waals surface area contributed by atoms with E-state index in [0.717, 1.165) is 43.4 Å². The molecule has 2 aliphatic rings. The molecule has 1 saturated heterocycles. The van der Waals surface area contributed by atoms with Crippen molar-refractivity contribution in [2.45, 2.75) is 56.5 Å². The average molecular weight is 462 g/mol. The maximum absolute atomic E-state index is 13.2. The van der Waals surface area contributed by atoms with E-state index in [-0.39, 0.29) is 11.9 Å². The zero-order chi connectivity index (χ0) is 23.5. The highest BCUT2D eigenvalue weighted by atomic mass is 16.7. The van der Waals surface area contributed by atoms with Gasteiger partial charge >= 0.3 is 5.97 Å². The van der Waals surface area contributed by atoms with Gasteiger partial charge in [-0.3, -0.25) is 4.79 Å². The molecule has 7 nitrogen and oxygen atoms in total. The molecule has 0 bridgehead atoms. The van der Waals surface area contributed by atoms with Gasteiger partial charge < -0.3 is 19.9 Å². The molecule has 3 atom stereocenters. The number of hydrogen-bond acceptors (Lipinski definition) is 5. The summed E-state index contributed by atoms with van der Waals surface area (Å²) in [4.78, 5) is 34.6. The van der Waals surface area contributed by atoms with Gasteiger partial charge in [0, 0.05) is 29.7 Å². The topological polar surface area (TPSA) is 83.7 Å². The van der Waals surface area contributed by atoms with E-state index in [1.807, 2.05) is 18.2 Å². The Labute approximate surface area is 199 Å². The van der Waals surface area contributed by atoms with Crippen molar-refractivity contribution in [3.63, 3.8) is 0 Å². The van der Waals surface area contributed by atoms with E-state index in [0.29, 0.717) is 24.4 Å². The number of aromatic nitrogens is 1. The first kappa shape index (κ1) is 22.5. The van der Waals surface area contributed by atoms with Crippen molar-refractivity contribution in [2.75, 3.05) is 13.7 Å². The lowest BCUT2D eigenvalue weighted by Gasteiger charge is -2.31. The average Bonchev–Trinajstić information content (AvgIpc) is 3.51. The highest BCUT2D eigenvalue weighted by molar-refractivity contribution is 5.89. The highest BCUT2D eigenvalue weighted by Gasteiger charge is 2.36. The second-order valence-electron chi connectivity index (χ2n) is 9.27. The minimum atomic E-state index is -0.439. The van der Waals surface area contributed by atoms with Crippen molar-refractivity contribution < 1.29 is 19.2 Å². The van der Waals surface area contributed by atoms with Gasteiger partial charge in [-0.05, 0) is 73.9 Å². The Hall–Kier alpha value is -3.32. The molecule has 1 aromatic heterocycles. The Bertz CT molecular complexity index is 1160. The molecule has 178 valence electrons. The fraction of sp³-hybridized carbons (Fsp3) is 0.407. The summed E-state index contributed by atoms with van der Waals surface area (Å²) in [7, 11) is 1.68. The van der Waals surface area contributed by atoms with E-state index in [9.17, 15) is 9.59 Å². The molecule has 0 radical (unpaired) electrons. The van der Waals surface area contributed by atoms with Gasteiger partial charge in [0.2, 0.25) is 5.91 Å². The minimum absolute atomic E-state index is 0.0513. The van der Waals surface area contributed by atoms with Crippen LogP contribution in [0.25, 0.3) is 10.9 Å². The van der Waals surface area contributed by atoms with E-state index < -0.39 is 12.0 Å². The number of nitrogens with one attached hydrogen (secondary N) is 2. The fourth-order valence-electron chi connectivity index (χ4n) is 5.33. The van der Waals surface area contributed by atoms with Gasteiger partial charge in [-0.1, -0.05) is 24.6 Å². The summed E-state index contributed by atoms with van der Waals surface area (Å²) in [6, 6.07) is 14.6. The SMILES string of the molecule is COc1ccc2[nH]cc([C@@H]3CCCC(NC(=O)[C@@H]4CCCN4OC(=O)c4ccccc4)C3)c2c1. The number of carbonyl (C=O) groups excluding carboxylic acids is 2. The van der Waals surface area contributed by atoms with Crippen LogP contribution in [0.15, 0.2) is 54.7 Å². The van der Waals surface area contributed by atoms with Crippen molar-refractivity contribution in [1.29, 1.82) is 0 Å². The van der Waals surface area contributed by atoms with Crippen LogP contribution < -0.4 is 10.1 Å². The van der Waals surface area contributed by atoms with Crippen molar-refractivity contribution >= 4 is 22.8 Å². The van der Waals surface area contributed by atoms with Crippen LogP contribution in [0.4, 0.5) is 0 Å². The van der Waals surface area contributed by atoms with Crippen molar-refractivity contribution in [3.8, 4) is 5.75 Å². The van der Waals surface area contributed by atoms with Crippen LogP contribution in [-0.4, -0.2) is 47.7 Å². The monoisotopic (exact) mass is 461 g/mol. The Morgan fingerprint density at radius 1 is 1.06 bits per heavy atom. The molecule has 0 spiro atoms. The summed E-state index contributed by atoms with van der Waals surface area (Å²) in [5, 5.41) is 6.00. The van der Waals surface area contributed by atoms with Gasteiger partial charge in [-0.15, -0.1) is 5.06 Å². The Morgan fingerprint density at radius 2 is 1.91 bits per heavy atom. The van der Waals surface area contributed by atoms with Crippen LogP contribution in [0.5, 0.6) is 5.75 Å². The molecule has 1 amide bonds. The number of carbonyl (C=O) groups is 2. The van der Waals surface area contributed by atoms with E-state index in [1.54, 1.807) is 36.4 Å². The molecule has 34 heavy (non-hydrogen) atoms. The number of rotatable bonds is 6. The van der Waals surface area contributed by atoms with E-state index in [4.69, 9.17) is 9.57 Å². The molecule has 2 fully saturated rings. The quantitative estimate of drug-likeness (QED) is 0.563. The number of amides is 1. The lowest BCUT2D eigenvalue weighted by Crippen LogP contribution is -2.48. The number of benzene rings is 2. The second-order valence-corrected chi connectivity index (χ2v) is 9.27. The predicted molar refractivity (Wildman–Crippen MR) is 130 cm³/mol. The molecule has 2 aromatic carbocycles. The number of fused-ring (bicyclic) bond motifs is 1. The zero-order valence-electron chi connectivity index (χ0n) is 19.5. The minimum Gasteiger partial charge on any atom is -0.497 e. The third-order valence-corrected chi connectivity index (χ3v) is 7.10.